The number of halogens is 1. The van der Waals surface area contributed by atoms with Gasteiger partial charge in [-0.15, -0.1) is 0 Å². The zero-order valence-corrected chi connectivity index (χ0v) is 18.8. The Labute approximate surface area is 181 Å². The van der Waals surface area contributed by atoms with E-state index in [-0.39, 0.29) is 6.10 Å². The monoisotopic (exact) mass is 493 g/mol. The van der Waals surface area contributed by atoms with Crippen molar-refractivity contribution in [2.45, 2.75) is 51.0 Å². The Morgan fingerprint density at radius 1 is 1.07 bits per heavy atom. The standard InChI is InChI=1S/C22H28IN3O2/c1-15-14-26(10-9-20(15)28-21-8-7-17(23)12-24-21)19-11-22(27-2)25-13-18(19)16-5-3-4-6-16/h7-8,11-13,15-16,20H,3-6,9-10,14H2,1-2H3/t15-,20-/m1/s1. The molecule has 28 heavy (non-hydrogen) atoms. The number of rotatable bonds is 5. The fourth-order valence-corrected chi connectivity index (χ4v) is 4.80. The second-order valence-corrected chi connectivity index (χ2v) is 9.20. The van der Waals surface area contributed by atoms with Gasteiger partial charge in [0.25, 0.3) is 0 Å². The van der Waals surface area contributed by atoms with Crippen LogP contribution >= 0.6 is 22.6 Å². The molecule has 2 aromatic rings. The number of hydrogen-bond donors (Lipinski definition) is 0. The van der Waals surface area contributed by atoms with Gasteiger partial charge in [0.1, 0.15) is 6.10 Å². The number of aromatic nitrogens is 2. The number of pyridine rings is 2. The molecular formula is C22H28IN3O2. The van der Waals surface area contributed by atoms with Crippen molar-refractivity contribution in [3.63, 3.8) is 0 Å². The van der Waals surface area contributed by atoms with Crippen molar-refractivity contribution in [1.82, 2.24) is 9.97 Å². The van der Waals surface area contributed by atoms with Gasteiger partial charge in [-0.05, 0) is 53.0 Å². The molecule has 5 nitrogen and oxygen atoms in total. The average molecular weight is 493 g/mol. The third-order valence-corrected chi connectivity index (χ3v) is 6.67. The Balaban J connectivity index is 1.49. The van der Waals surface area contributed by atoms with Gasteiger partial charge in [-0.3, -0.25) is 0 Å². The molecule has 2 fully saturated rings. The van der Waals surface area contributed by atoms with Crippen molar-refractivity contribution in [2.24, 2.45) is 5.92 Å². The number of anilines is 1. The van der Waals surface area contributed by atoms with Crippen molar-refractivity contribution >= 4 is 28.3 Å². The molecule has 2 atom stereocenters. The van der Waals surface area contributed by atoms with Gasteiger partial charge in [0.15, 0.2) is 0 Å². The Morgan fingerprint density at radius 3 is 2.54 bits per heavy atom. The van der Waals surface area contributed by atoms with E-state index in [1.807, 2.05) is 24.5 Å². The molecule has 0 radical (unpaired) electrons. The third kappa shape index (κ3) is 4.36. The summed E-state index contributed by atoms with van der Waals surface area (Å²) in [5.74, 6) is 2.48. The molecule has 4 rings (SSSR count). The van der Waals surface area contributed by atoms with Crippen LogP contribution in [-0.2, 0) is 0 Å². The smallest absolute Gasteiger partial charge is 0.215 e. The van der Waals surface area contributed by atoms with Crippen LogP contribution in [0.15, 0.2) is 30.6 Å². The topological polar surface area (TPSA) is 47.5 Å². The number of piperidine rings is 1. The molecule has 2 aromatic heterocycles. The molecule has 0 N–H and O–H groups in total. The van der Waals surface area contributed by atoms with Gasteiger partial charge < -0.3 is 14.4 Å². The summed E-state index contributed by atoms with van der Waals surface area (Å²) in [5, 5.41) is 0. The SMILES string of the molecule is COc1cc(N2CC[C@@H](Oc3ccc(I)cn3)[C@H](C)C2)c(C2CCCC2)cn1. The van der Waals surface area contributed by atoms with E-state index in [4.69, 9.17) is 9.47 Å². The molecule has 6 heteroatoms. The Kier molecular flexibility index (Phi) is 6.23. The molecular weight excluding hydrogens is 465 g/mol. The highest BCUT2D eigenvalue weighted by atomic mass is 127. The lowest BCUT2D eigenvalue weighted by molar-refractivity contribution is 0.116. The number of hydrogen-bond acceptors (Lipinski definition) is 5. The minimum Gasteiger partial charge on any atom is -0.481 e. The van der Waals surface area contributed by atoms with Gasteiger partial charge in [-0.25, -0.2) is 9.97 Å². The minimum absolute atomic E-state index is 0.197. The van der Waals surface area contributed by atoms with E-state index in [0.29, 0.717) is 17.7 Å². The Bertz CT molecular complexity index is 793. The maximum absolute atomic E-state index is 6.20. The maximum Gasteiger partial charge on any atom is 0.215 e. The molecule has 0 bridgehead atoms. The number of nitrogens with zero attached hydrogens (tertiary/aromatic N) is 3. The van der Waals surface area contributed by atoms with E-state index in [0.717, 1.165) is 29.0 Å². The summed E-state index contributed by atoms with van der Waals surface area (Å²) in [4.78, 5) is 11.4. The van der Waals surface area contributed by atoms with Crippen molar-refractivity contribution in [1.29, 1.82) is 0 Å². The predicted molar refractivity (Wildman–Crippen MR) is 119 cm³/mol. The zero-order chi connectivity index (χ0) is 19.5. The van der Waals surface area contributed by atoms with Gasteiger partial charge in [-0.1, -0.05) is 19.8 Å². The molecule has 2 aliphatic rings. The number of ether oxygens (including phenoxy) is 2. The zero-order valence-electron chi connectivity index (χ0n) is 16.6. The molecule has 1 aliphatic carbocycles. The minimum atomic E-state index is 0.197. The van der Waals surface area contributed by atoms with Crippen molar-refractivity contribution in [3.05, 3.63) is 39.7 Å². The molecule has 0 spiro atoms. The van der Waals surface area contributed by atoms with E-state index in [9.17, 15) is 0 Å². The van der Waals surface area contributed by atoms with Gasteiger partial charge in [-0.2, -0.15) is 0 Å². The van der Waals surface area contributed by atoms with Gasteiger partial charge in [0.2, 0.25) is 11.8 Å². The van der Waals surface area contributed by atoms with Crippen LogP contribution < -0.4 is 14.4 Å². The highest BCUT2D eigenvalue weighted by Gasteiger charge is 2.31. The molecule has 1 saturated carbocycles. The van der Waals surface area contributed by atoms with E-state index in [2.05, 4.69) is 50.4 Å². The van der Waals surface area contributed by atoms with Crippen LogP contribution in [0.4, 0.5) is 5.69 Å². The van der Waals surface area contributed by atoms with E-state index in [1.54, 1.807) is 7.11 Å². The van der Waals surface area contributed by atoms with Gasteiger partial charge >= 0.3 is 0 Å². The highest BCUT2D eigenvalue weighted by Crippen LogP contribution is 2.40. The maximum atomic E-state index is 6.20. The summed E-state index contributed by atoms with van der Waals surface area (Å²) >= 11 is 2.26. The summed E-state index contributed by atoms with van der Waals surface area (Å²) < 4.78 is 12.8. The van der Waals surface area contributed by atoms with E-state index in [1.165, 1.54) is 36.9 Å². The van der Waals surface area contributed by atoms with Crippen LogP contribution in [0, 0.1) is 9.49 Å². The summed E-state index contributed by atoms with van der Waals surface area (Å²) in [6, 6.07) is 6.13. The first-order valence-electron chi connectivity index (χ1n) is 10.2. The van der Waals surface area contributed by atoms with Crippen LogP contribution in [0.2, 0.25) is 0 Å². The van der Waals surface area contributed by atoms with Gasteiger partial charge in [0, 0.05) is 59.2 Å². The second-order valence-electron chi connectivity index (χ2n) is 7.95. The number of methoxy groups -OCH3 is 1. The first-order valence-corrected chi connectivity index (χ1v) is 11.3. The van der Waals surface area contributed by atoms with Crippen molar-refractivity contribution in [2.75, 3.05) is 25.1 Å². The average Bonchev–Trinajstić information content (AvgIpc) is 3.25. The Morgan fingerprint density at radius 2 is 1.86 bits per heavy atom. The normalized spacial score (nSPS) is 23.0. The Hall–Kier alpha value is -1.57. The summed E-state index contributed by atoms with van der Waals surface area (Å²) in [5.41, 5.74) is 2.70. The largest absolute Gasteiger partial charge is 0.481 e. The lowest BCUT2D eigenvalue weighted by Gasteiger charge is -2.39. The quantitative estimate of drug-likeness (QED) is 0.547. The summed E-state index contributed by atoms with van der Waals surface area (Å²) in [6.07, 6.45) is 10.3. The first kappa shape index (κ1) is 19.7. The molecule has 0 amide bonds. The van der Waals surface area contributed by atoms with Crippen molar-refractivity contribution < 1.29 is 9.47 Å². The molecule has 0 unspecified atom stereocenters. The van der Waals surface area contributed by atoms with Gasteiger partial charge in [0.05, 0.1) is 7.11 Å². The lowest BCUT2D eigenvalue weighted by Crippen LogP contribution is -2.45. The molecule has 1 aliphatic heterocycles. The first-order chi connectivity index (χ1) is 13.6. The molecule has 1 saturated heterocycles. The van der Waals surface area contributed by atoms with Crippen LogP contribution in [0.1, 0.15) is 50.5 Å². The van der Waals surface area contributed by atoms with Crippen molar-refractivity contribution in [3.8, 4) is 11.8 Å². The molecule has 3 heterocycles. The van der Waals surface area contributed by atoms with E-state index >= 15 is 0 Å². The van der Waals surface area contributed by atoms with Crippen LogP contribution in [0.3, 0.4) is 0 Å². The summed E-state index contributed by atoms with van der Waals surface area (Å²) in [7, 11) is 1.69. The highest BCUT2D eigenvalue weighted by molar-refractivity contribution is 14.1. The van der Waals surface area contributed by atoms with E-state index < -0.39 is 0 Å². The van der Waals surface area contributed by atoms with Crippen LogP contribution in [0.25, 0.3) is 0 Å². The fourth-order valence-electron chi connectivity index (χ4n) is 4.48. The molecule has 150 valence electrons. The second kappa shape index (κ2) is 8.84. The van der Waals surface area contributed by atoms with Crippen LogP contribution in [-0.4, -0.2) is 36.3 Å². The van der Waals surface area contributed by atoms with Crippen LogP contribution in [0.5, 0.6) is 11.8 Å². The summed E-state index contributed by atoms with van der Waals surface area (Å²) in [6.45, 7) is 4.23. The lowest BCUT2D eigenvalue weighted by atomic mass is 9.93. The third-order valence-electron chi connectivity index (χ3n) is 6.03. The fraction of sp³-hybridized carbons (Fsp3) is 0.545. The molecule has 0 aromatic carbocycles. The predicted octanol–water partition coefficient (Wildman–Crippen LogP) is 5.04.